The van der Waals surface area contributed by atoms with Gasteiger partial charge in [-0.05, 0) is 13.3 Å². The quantitative estimate of drug-likeness (QED) is 0.759. The smallest absolute Gasteiger partial charge is 0.185 e. The number of aromatic amines is 1. The first-order valence-corrected chi connectivity index (χ1v) is 3.93. The first-order chi connectivity index (χ1) is 5.61. The van der Waals surface area contributed by atoms with Crippen LogP contribution in [0, 0.1) is 5.92 Å². The summed E-state index contributed by atoms with van der Waals surface area (Å²) in [7, 11) is 0. The Labute approximate surface area is 94.5 Å². The number of hydrogen-bond donors (Lipinski definition) is 2. The van der Waals surface area contributed by atoms with Gasteiger partial charge in [0.15, 0.2) is 5.78 Å². The molecule has 6 heteroatoms. The van der Waals surface area contributed by atoms with Crippen LogP contribution in [0.2, 0.25) is 0 Å². The maximum atomic E-state index is 11.5. The van der Waals surface area contributed by atoms with Crippen molar-refractivity contribution in [1.82, 2.24) is 9.97 Å². The Balaban J connectivity index is 0.000000845. The number of aromatic nitrogens is 2. The average Bonchev–Trinajstić information content (AvgIpc) is 2.56. The van der Waals surface area contributed by atoms with Gasteiger partial charge in [0.25, 0.3) is 0 Å². The van der Waals surface area contributed by atoms with Gasteiger partial charge in [-0.2, -0.15) is 0 Å². The van der Waals surface area contributed by atoms with Crippen molar-refractivity contribution in [2.75, 3.05) is 0 Å². The molecule has 1 fully saturated rings. The number of halogens is 2. The Morgan fingerprint density at radius 1 is 1.71 bits per heavy atom. The monoisotopic (exact) mass is 237 g/mol. The predicted molar refractivity (Wildman–Crippen MR) is 58.1 cm³/mol. The standard InChI is InChI=1S/C8H11N3O.2ClH/c1-8(9)2-5(8)7(12)6-3-10-4-11-6;;/h3-5H,2,9H2,1H3,(H,10,11);2*1H/t5-,8-;;/m1../s1. The number of ketones is 1. The van der Waals surface area contributed by atoms with E-state index < -0.39 is 0 Å². The number of nitrogens with two attached hydrogens (primary N) is 1. The molecule has 0 radical (unpaired) electrons. The second-order valence-corrected chi connectivity index (χ2v) is 3.59. The lowest BCUT2D eigenvalue weighted by Gasteiger charge is -1.99. The fraction of sp³-hybridized carbons (Fsp3) is 0.500. The lowest BCUT2D eigenvalue weighted by atomic mass is 10.1. The third-order valence-corrected chi connectivity index (χ3v) is 2.36. The Hall–Kier alpha value is -0.580. The summed E-state index contributed by atoms with van der Waals surface area (Å²) in [5, 5.41) is 0. The lowest BCUT2D eigenvalue weighted by Crippen LogP contribution is -2.23. The van der Waals surface area contributed by atoms with Gasteiger partial charge >= 0.3 is 0 Å². The summed E-state index contributed by atoms with van der Waals surface area (Å²) in [6.07, 6.45) is 3.82. The van der Waals surface area contributed by atoms with Crippen molar-refractivity contribution in [2.24, 2.45) is 11.7 Å². The van der Waals surface area contributed by atoms with Gasteiger partial charge in [0.1, 0.15) is 5.69 Å². The van der Waals surface area contributed by atoms with Crippen molar-refractivity contribution in [3.05, 3.63) is 18.2 Å². The van der Waals surface area contributed by atoms with Crippen LogP contribution in [-0.4, -0.2) is 21.3 Å². The Kier molecular flexibility index (Phi) is 4.12. The molecule has 0 spiro atoms. The average molecular weight is 238 g/mol. The summed E-state index contributed by atoms with van der Waals surface area (Å²) in [4.78, 5) is 18.1. The number of H-pyrrole nitrogens is 1. The summed E-state index contributed by atoms with van der Waals surface area (Å²) < 4.78 is 0. The van der Waals surface area contributed by atoms with E-state index in [2.05, 4.69) is 9.97 Å². The molecular formula is C8H13Cl2N3O. The zero-order chi connectivity index (χ0) is 8.77. The van der Waals surface area contributed by atoms with Gasteiger partial charge < -0.3 is 10.7 Å². The van der Waals surface area contributed by atoms with E-state index in [4.69, 9.17) is 5.73 Å². The molecule has 1 aliphatic carbocycles. The topological polar surface area (TPSA) is 71.8 Å². The van der Waals surface area contributed by atoms with E-state index in [-0.39, 0.29) is 42.1 Å². The van der Waals surface area contributed by atoms with Gasteiger partial charge in [-0.15, -0.1) is 24.8 Å². The summed E-state index contributed by atoms with van der Waals surface area (Å²) in [5.74, 6) is 0.0652. The van der Waals surface area contributed by atoms with Crippen LogP contribution in [0.15, 0.2) is 12.5 Å². The highest BCUT2D eigenvalue weighted by Gasteiger charge is 2.51. The number of nitrogens with one attached hydrogen (secondary N) is 1. The molecule has 1 aromatic rings. The highest BCUT2D eigenvalue weighted by Crippen LogP contribution is 2.42. The molecule has 1 heterocycles. The zero-order valence-corrected chi connectivity index (χ0v) is 9.32. The van der Waals surface area contributed by atoms with Crippen LogP contribution >= 0.6 is 24.8 Å². The maximum absolute atomic E-state index is 11.5. The number of carbonyl (C=O) groups is 1. The largest absolute Gasteiger partial charge is 0.342 e. The molecule has 1 aliphatic rings. The fourth-order valence-electron chi connectivity index (χ4n) is 1.35. The Morgan fingerprint density at radius 3 is 2.64 bits per heavy atom. The van der Waals surface area contributed by atoms with E-state index in [0.29, 0.717) is 5.69 Å². The molecule has 0 bridgehead atoms. The second kappa shape index (κ2) is 4.29. The van der Waals surface area contributed by atoms with Crippen LogP contribution in [0.4, 0.5) is 0 Å². The summed E-state index contributed by atoms with van der Waals surface area (Å²) in [6.45, 7) is 1.89. The molecule has 80 valence electrons. The molecule has 0 unspecified atom stereocenters. The molecule has 1 saturated carbocycles. The highest BCUT2D eigenvalue weighted by atomic mass is 35.5. The van der Waals surface area contributed by atoms with Gasteiger partial charge in [0, 0.05) is 11.5 Å². The van der Waals surface area contributed by atoms with Gasteiger partial charge in [-0.25, -0.2) is 4.98 Å². The minimum Gasteiger partial charge on any atom is -0.342 e. The summed E-state index contributed by atoms with van der Waals surface area (Å²) >= 11 is 0. The van der Waals surface area contributed by atoms with Gasteiger partial charge in [-0.3, -0.25) is 4.79 Å². The number of imidazole rings is 1. The third-order valence-electron chi connectivity index (χ3n) is 2.36. The van der Waals surface area contributed by atoms with E-state index in [0.717, 1.165) is 6.42 Å². The molecule has 0 saturated heterocycles. The van der Waals surface area contributed by atoms with Crippen molar-refractivity contribution in [2.45, 2.75) is 18.9 Å². The Bertz CT molecular complexity index is 310. The normalized spacial score (nSPS) is 28.6. The van der Waals surface area contributed by atoms with E-state index >= 15 is 0 Å². The molecule has 3 N–H and O–H groups in total. The minimum atomic E-state index is -0.289. The molecule has 2 atom stereocenters. The molecule has 0 aliphatic heterocycles. The Morgan fingerprint density at radius 2 is 2.29 bits per heavy atom. The molecule has 0 aromatic carbocycles. The number of carbonyl (C=O) groups excluding carboxylic acids is 1. The van der Waals surface area contributed by atoms with Crippen LogP contribution in [0.1, 0.15) is 23.8 Å². The van der Waals surface area contributed by atoms with Crippen molar-refractivity contribution >= 4 is 30.6 Å². The lowest BCUT2D eigenvalue weighted by molar-refractivity contribution is 0.0955. The van der Waals surface area contributed by atoms with E-state index in [9.17, 15) is 4.79 Å². The fourth-order valence-corrected chi connectivity index (χ4v) is 1.35. The van der Waals surface area contributed by atoms with Gasteiger partial charge in [-0.1, -0.05) is 0 Å². The third kappa shape index (κ3) is 2.26. The molecule has 14 heavy (non-hydrogen) atoms. The van der Waals surface area contributed by atoms with Crippen LogP contribution in [0.25, 0.3) is 0 Å². The van der Waals surface area contributed by atoms with Crippen molar-refractivity contribution < 1.29 is 4.79 Å². The van der Waals surface area contributed by atoms with Crippen LogP contribution in [0.5, 0.6) is 0 Å². The summed E-state index contributed by atoms with van der Waals surface area (Å²) in [6, 6.07) is 0. The number of Topliss-reactive ketones (excluding diaryl/α,β-unsaturated/α-hetero) is 1. The second-order valence-electron chi connectivity index (χ2n) is 3.59. The van der Waals surface area contributed by atoms with Crippen LogP contribution < -0.4 is 5.73 Å². The number of hydrogen-bond acceptors (Lipinski definition) is 3. The maximum Gasteiger partial charge on any atom is 0.185 e. The molecule has 0 amide bonds. The first kappa shape index (κ1) is 13.4. The first-order valence-electron chi connectivity index (χ1n) is 3.93. The van der Waals surface area contributed by atoms with Crippen molar-refractivity contribution in [3.8, 4) is 0 Å². The SMILES string of the molecule is C[C@@]1(N)C[C@@H]1C(=O)c1cnc[nH]1.Cl.Cl. The number of rotatable bonds is 2. The van der Waals surface area contributed by atoms with E-state index in [1.807, 2.05) is 6.92 Å². The van der Waals surface area contributed by atoms with Crippen molar-refractivity contribution in [3.63, 3.8) is 0 Å². The van der Waals surface area contributed by atoms with E-state index in [1.165, 1.54) is 12.5 Å². The van der Waals surface area contributed by atoms with Crippen molar-refractivity contribution in [1.29, 1.82) is 0 Å². The predicted octanol–water partition coefficient (Wildman–Crippen LogP) is 1.17. The van der Waals surface area contributed by atoms with Gasteiger partial charge in [0.05, 0.1) is 12.5 Å². The molecular weight excluding hydrogens is 225 g/mol. The highest BCUT2D eigenvalue weighted by molar-refractivity contribution is 5.98. The minimum absolute atomic E-state index is 0. The molecule has 2 rings (SSSR count). The van der Waals surface area contributed by atoms with E-state index in [1.54, 1.807) is 0 Å². The van der Waals surface area contributed by atoms with Crippen LogP contribution in [0.3, 0.4) is 0 Å². The van der Waals surface area contributed by atoms with Crippen LogP contribution in [-0.2, 0) is 0 Å². The summed E-state index contributed by atoms with van der Waals surface area (Å²) in [5.41, 5.74) is 6.04. The zero-order valence-electron chi connectivity index (χ0n) is 7.69. The van der Waals surface area contributed by atoms with Gasteiger partial charge in [0.2, 0.25) is 0 Å². The molecule has 4 nitrogen and oxygen atoms in total. The number of nitrogens with zero attached hydrogens (tertiary/aromatic N) is 1. The molecule has 1 aromatic heterocycles.